The van der Waals surface area contributed by atoms with Gasteiger partial charge < -0.3 is 9.84 Å². The first-order chi connectivity index (χ1) is 7.58. The highest BCUT2D eigenvalue weighted by atomic mass is 19.3. The fourth-order valence-corrected chi connectivity index (χ4v) is 1.22. The van der Waals surface area contributed by atoms with E-state index in [4.69, 9.17) is 0 Å². The Morgan fingerprint density at radius 1 is 1.56 bits per heavy atom. The fourth-order valence-electron chi connectivity index (χ4n) is 1.22. The molecule has 1 atom stereocenters. The van der Waals surface area contributed by atoms with Gasteiger partial charge in [-0.05, 0) is 6.42 Å². The lowest BCUT2D eigenvalue weighted by Gasteiger charge is -2.08. The Balaban J connectivity index is 2.13. The molecule has 7 heteroatoms. The van der Waals surface area contributed by atoms with Crippen molar-refractivity contribution in [2.24, 2.45) is 7.05 Å². The van der Waals surface area contributed by atoms with Gasteiger partial charge in [0.25, 0.3) is 6.43 Å². The number of aryl methyl sites for hydroxylation is 1. The first-order valence-electron chi connectivity index (χ1n) is 4.97. The highest BCUT2D eigenvalue weighted by Gasteiger charge is 2.09. The van der Waals surface area contributed by atoms with Gasteiger partial charge in [0.15, 0.2) is 0 Å². The summed E-state index contributed by atoms with van der Waals surface area (Å²) in [5.41, 5.74) is 0.670. The normalized spacial score (nSPS) is 13.3. The third kappa shape index (κ3) is 5.13. The summed E-state index contributed by atoms with van der Waals surface area (Å²) < 4.78 is 29.6. The van der Waals surface area contributed by atoms with Crippen molar-refractivity contribution in [1.29, 1.82) is 0 Å². The van der Waals surface area contributed by atoms with Crippen LogP contribution >= 0.6 is 0 Å². The van der Waals surface area contributed by atoms with Crippen LogP contribution in [0.2, 0.25) is 0 Å². The second-order valence-electron chi connectivity index (χ2n) is 3.50. The number of nitrogens with zero attached hydrogens (tertiary/aromatic N) is 3. The molecule has 0 fully saturated rings. The van der Waals surface area contributed by atoms with Gasteiger partial charge >= 0.3 is 0 Å². The number of aliphatic hydroxyl groups excluding tert-OH is 1. The standard InChI is InChI=1S/C9H15F2N3O2/c1-14-5-7(12-13-14)4-8(15)2-3-16-6-9(10)11/h5,8-9,15H,2-4,6H2,1H3. The van der Waals surface area contributed by atoms with E-state index in [1.54, 1.807) is 13.2 Å². The van der Waals surface area contributed by atoms with E-state index < -0.39 is 19.1 Å². The third-order valence-electron chi connectivity index (χ3n) is 1.93. The van der Waals surface area contributed by atoms with Crippen molar-refractivity contribution in [3.63, 3.8) is 0 Å². The maximum atomic E-state index is 11.7. The Kier molecular flexibility index (Phi) is 5.27. The van der Waals surface area contributed by atoms with E-state index in [-0.39, 0.29) is 6.61 Å². The number of alkyl halides is 2. The summed E-state index contributed by atoms with van der Waals surface area (Å²) in [6, 6.07) is 0. The van der Waals surface area contributed by atoms with E-state index in [9.17, 15) is 13.9 Å². The molecule has 1 unspecified atom stereocenters. The number of rotatable bonds is 7. The summed E-state index contributed by atoms with van der Waals surface area (Å²) in [7, 11) is 1.73. The molecule has 92 valence electrons. The lowest BCUT2D eigenvalue weighted by atomic mass is 10.1. The van der Waals surface area contributed by atoms with E-state index in [1.165, 1.54) is 4.68 Å². The van der Waals surface area contributed by atoms with Crippen LogP contribution in [0.1, 0.15) is 12.1 Å². The van der Waals surface area contributed by atoms with E-state index in [0.717, 1.165) is 0 Å². The van der Waals surface area contributed by atoms with Crippen LogP contribution in [0.15, 0.2) is 6.20 Å². The maximum absolute atomic E-state index is 11.7. The minimum Gasteiger partial charge on any atom is -0.393 e. The summed E-state index contributed by atoms with van der Waals surface area (Å²) in [4.78, 5) is 0. The van der Waals surface area contributed by atoms with Crippen molar-refractivity contribution in [1.82, 2.24) is 15.0 Å². The summed E-state index contributed by atoms with van der Waals surface area (Å²) >= 11 is 0. The van der Waals surface area contributed by atoms with Gasteiger partial charge in [0.2, 0.25) is 0 Å². The van der Waals surface area contributed by atoms with Gasteiger partial charge in [0.1, 0.15) is 6.61 Å². The zero-order valence-electron chi connectivity index (χ0n) is 9.01. The molecule has 1 aromatic rings. The molecule has 1 aromatic heterocycles. The predicted molar refractivity (Wildman–Crippen MR) is 52.2 cm³/mol. The second-order valence-corrected chi connectivity index (χ2v) is 3.50. The lowest BCUT2D eigenvalue weighted by molar-refractivity contribution is 0.00504. The molecule has 0 radical (unpaired) electrons. The van der Waals surface area contributed by atoms with Crippen LogP contribution in [0.25, 0.3) is 0 Å². The summed E-state index contributed by atoms with van der Waals surface area (Å²) in [6.45, 7) is -0.469. The molecule has 1 heterocycles. The summed E-state index contributed by atoms with van der Waals surface area (Å²) in [5, 5.41) is 17.1. The molecule has 1 rings (SSSR count). The zero-order valence-corrected chi connectivity index (χ0v) is 9.01. The number of aliphatic hydroxyl groups is 1. The van der Waals surface area contributed by atoms with Crippen molar-refractivity contribution >= 4 is 0 Å². The predicted octanol–water partition coefficient (Wildman–Crippen LogP) is 0.390. The van der Waals surface area contributed by atoms with Crippen molar-refractivity contribution < 1.29 is 18.6 Å². The Morgan fingerprint density at radius 2 is 2.31 bits per heavy atom. The monoisotopic (exact) mass is 235 g/mol. The van der Waals surface area contributed by atoms with Gasteiger partial charge in [-0.3, -0.25) is 4.68 Å². The van der Waals surface area contributed by atoms with E-state index in [0.29, 0.717) is 18.5 Å². The smallest absolute Gasteiger partial charge is 0.261 e. The molecule has 0 saturated heterocycles. The number of aromatic nitrogens is 3. The minimum atomic E-state index is -2.46. The molecular formula is C9H15F2N3O2. The largest absolute Gasteiger partial charge is 0.393 e. The quantitative estimate of drug-likeness (QED) is 0.694. The van der Waals surface area contributed by atoms with Crippen LogP contribution in [0.3, 0.4) is 0 Å². The molecule has 0 aliphatic carbocycles. The molecule has 0 aromatic carbocycles. The SMILES string of the molecule is Cn1cc(CC(O)CCOCC(F)F)nn1. The lowest BCUT2D eigenvalue weighted by Crippen LogP contribution is -2.15. The molecule has 0 spiro atoms. The highest BCUT2D eigenvalue weighted by Crippen LogP contribution is 2.03. The Labute approximate surface area is 92.0 Å². The van der Waals surface area contributed by atoms with Crippen molar-refractivity contribution in [2.45, 2.75) is 25.4 Å². The van der Waals surface area contributed by atoms with Gasteiger partial charge in [0, 0.05) is 26.3 Å². The highest BCUT2D eigenvalue weighted by molar-refractivity contribution is 4.93. The third-order valence-corrected chi connectivity index (χ3v) is 1.93. The molecular weight excluding hydrogens is 220 g/mol. The number of halogens is 2. The van der Waals surface area contributed by atoms with Crippen molar-refractivity contribution in [2.75, 3.05) is 13.2 Å². The molecule has 0 aliphatic rings. The van der Waals surface area contributed by atoms with Crippen molar-refractivity contribution in [3.05, 3.63) is 11.9 Å². The van der Waals surface area contributed by atoms with Crippen molar-refractivity contribution in [3.8, 4) is 0 Å². The second kappa shape index (κ2) is 6.49. The number of ether oxygens (including phenoxy) is 1. The summed E-state index contributed by atoms with van der Waals surface area (Å²) in [5.74, 6) is 0. The maximum Gasteiger partial charge on any atom is 0.261 e. The van der Waals surface area contributed by atoms with Gasteiger partial charge in [-0.2, -0.15) is 0 Å². The van der Waals surface area contributed by atoms with Crippen LogP contribution in [-0.2, 0) is 18.2 Å². The topological polar surface area (TPSA) is 60.2 Å². The first kappa shape index (κ1) is 13.0. The Bertz CT molecular complexity index is 307. The molecule has 0 bridgehead atoms. The van der Waals surface area contributed by atoms with Crippen LogP contribution in [0.5, 0.6) is 0 Å². The summed E-state index contributed by atoms with van der Waals surface area (Å²) in [6.07, 6.45) is -0.746. The van der Waals surface area contributed by atoms with Gasteiger partial charge in [0.05, 0.1) is 11.8 Å². The first-order valence-corrected chi connectivity index (χ1v) is 4.97. The van der Waals surface area contributed by atoms with Gasteiger partial charge in [-0.1, -0.05) is 5.21 Å². The molecule has 1 N–H and O–H groups in total. The molecule has 0 aliphatic heterocycles. The Morgan fingerprint density at radius 3 is 2.88 bits per heavy atom. The number of hydrogen-bond acceptors (Lipinski definition) is 4. The zero-order chi connectivity index (χ0) is 12.0. The van der Waals surface area contributed by atoms with Crippen LogP contribution in [0.4, 0.5) is 8.78 Å². The minimum absolute atomic E-state index is 0.117. The molecule has 5 nitrogen and oxygen atoms in total. The van der Waals surface area contributed by atoms with E-state index in [1.807, 2.05) is 0 Å². The molecule has 0 saturated carbocycles. The average Bonchev–Trinajstić information content (AvgIpc) is 2.58. The van der Waals surface area contributed by atoms with Crippen LogP contribution < -0.4 is 0 Å². The van der Waals surface area contributed by atoms with Crippen LogP contribution in [0, 0.1) is 0 Å². The average molecular weight is 235 g/mol. The van der Waals surface area contributed by atoms with E-state index >= 15 is 0 Å². The Hall–Kier alpha value is -1.08. The number of hydrogen-bond donors (Lipinski definition) is 1. The molecule has 0 amide bonds. The van der Waals surface area contributed by atoms with Gasteiger partial charge in [-0.15, -0.1) is 5.10 Å². The van der Waals surface area contributed by atoms with Crippen LogP contribution in [-0.4, -0.2) is 45.8 Å². The fraction of sp³-hybridized carbons (Fsp3) is 0.778. The van der Waals surface area contributed by atoms with E-state index in [2.05, 4.69) is 15.0 Å². The van der Waals surface area contributed by atoms with Gasteiger partial charge in [-0.25, -0.2) is 8.78 Å². The molecule has 16 heavy (non-hydrogen) atoms.